The number of fused-ring (bicyclic) bond motifs is 5. The number of hydrogen-bond donors (Lipinski definition) is 1. The smallest absolute Gasteiger partial charge is 0.302 e. The summed E-state index contributed by atoms with van der Waals surface area (Å²) in [6.07, 6.45) is 10.4. The lowest BCUT2D eigenvalue weighted by Crippen LogP contribution is -2.66. The third kappa shape index (κ3) is 4.11. The molecule has 206 valence electrons. The Bertz CT molecular complexity index is 847. The number of carbonyl (C=O) groups excluding carboxylic acids is 2. The average molecular weight is 503 g/mol. The summed E-state index contributed by atoms with van der Waals surface area (Å²) >= 11 is 0. The summed E-state index contributed by atoms with van der Waals surface area (Å²) in [5.41, 5.74) is -0.433. The zero-order valence-electron chi connectivity index (χ0n) is 24.5. The highest BCUT2D eigenvalue weighted by molar-refractivity contribution is 5.84. The Kier molecular flexibility index (Phi) is 7.57. The molecular weight excluding hydrogens is 448 g/mol. The van der Waals surface area contributed by atoms with Crippen LogP contribution in [-0.4, -0.2) is 29.6 Å². The summed E-state index contributed by atoms with van der Waals surface area (Å²) in [6.45, 7) is 18.0. The minimum absolute atomic E-state index is 0.0520. The van der Waals surface area contributed by atoms with E-state index in [9.17, 15) is 14.7 Å². The number of carbonyl (C=O) groups is 2. The molecule has 0 aliphatic heterocycles. The third-order valence-electron chi connectivity index (χ3n) is 12.6. The Labute approximate surface area is 220 Å². The molecule has 4 rings (SSSR count). The predicted molar refractivity (Wildman–Crippen MR) is 144 cm³/mol. The van der Waals surface area contributed by atoms with E-state index < -0.39 is 0 Å². The summed E-state index contributed by atoms with van der Waals surface area (Å²) in [4.78, 5) is 26.1. The highest BCUT2D eigenvalue weighted by Crippen LogP contribution is 2.74. The van der Waals surface area contributed by atoms with Gasteiger partial charge in [0.2, 0.25) is 0 Å². The topological polar surface area (TPSA) is 63.6 Å². The molecule has 4 saturated carbocycles. The van der Waals surface area contributed by atoms with Gasteiger partial charge in [0.05, 0.1) is 0 Å². The maximum Gasteiger partial charge on any atom is 0.302 e. The van der Waals surface area contributed by atoms with Crippen molar-refractivity contribution in [1.82, 2.24) is 0 Å². The second-order valence-corrected chi connectivity index (χ2v) is 15.0. The van der Waals surface area contributed by atoms with Crippen LogP contribution in [0.25, 0.3) is 0 Å². The molecule has 0 aromatic carbocycles. The molecule has 0 saturated heterocycles. The van der Waals surface area contributed by atoms with E-state index in [2.05, 4.69) is 48.5 Å². The van der Waals surface area contributed by atoms with E-state index in [0.29, 0.717) is 30.0 Å². The Hall–Kier alpha value is -0.900. The molecule has 0 amide bonds. The molecule has 0 bridgehead atoms. The van der Waals surface area contributed by atoms with Crippen molar-refractivity contribution in [1.29, 1.82) is 0 Å². The summed E-state index contributed by atoms with van der Waals surface area (Å²) < 4.78 is 5.79. The Balaban J connectivity index is 1.63. The summed E-state index contributed by atoms with van der Waals surface area (Å²) in [6, 6.07) is 0. The largest absolute Gasteiger partial charge is 0.462 e. The van der Waals surface area contributed by atoms with E-state index >= 15 is 0 Å². The van der Waals surface area contributed by atoms with Gasteiger partial charge in [-0.2, -0.15) is 0 Å². The van der Waals surface area contributed by atoms with Crippen molar-refractivity contribution in [2.24, 2.45) is 57.2 Å². The first-order valence-corrected chi connectivity index (χ1v) is 15.1. The number of aliphatic hydroxyl groups is 1. The van der Waals surface area contributed by atoms with Crippen LogP contribution in [0.15, 0.2) is 0 Å². The van der Waals surface area contributed by atoms with E-state index in [1.807, 2.05) is 0 Å². The third-order valence-corrected chi connectivity index (χ3v) is 12.6. The molecule has 0 radical (unpaired) electrons. The van der Waals surface area contributed by atoms with Gasteiger partial charge in [-0.1, -0.05) is 67.7 Å². The quantitative estimate of drug-likeness (QED) is 0.373. The van der Waals surface area contributed by atoms with E-state index in [0.717, 1.165) is 31.6 Å². The van der Waals surface area contributed by atoms with Crippen LogP contribution in [0.5, 0.6) is 0 Å². The van der Waals surface area contributed by atoms with Gasteiger partial charge in [0, 0.05) is 36.7 Å². The van der Waals surface area contributed by atoms with Gasteiger partial charge in [-0.3, -0.25) is 9.59 Å². The van der Waals surface area contributed by atoms with Crippen LogP contribution in [0.4, 0.5) is 0 Å². The fourth-order valence-corrected chi connectivity index (χ4v) is 10.6. The lowest BCUT2D eigenvalue weighted by molar-refractivity contribution is -0.220. The number of ketones is 1. The van der Waals surface area contributed by atoms with Gasteiger partial charge in [-0.15, -0.1) is 0 Å². The van der Waals surface area contributed by atoms with Crippen LogP contribution in [0.2, 0.25) is 0 Å². The monoisotopic (exact) mass is 502 g/mol. The number of esters is 1. The molecule has 9 unspecified atom stereocenters. The SMILES string of the molecule is CC(=O)OC1CCC2(CO)C3C(=O)CC4(C)C(C(C)CCCC(C)C)CCC4(C)C3CCC2C1(C)C. The predicted octanol–water partition coefficient (Wildman–Crippen LogP) is 7.22. The normalized spacial score (nSPS) is 44.5. The van der Waals surface area contributed by atoms with Crippen molar-refractivity contribution < 1.29 is 19.4 Å². The number of rotatable bonds is 7. The van der Waals surface area contributed by atoms with E-state index in [1.54, 1.807) is 0 Å². The first-order valence-electron chi connectivity index (χ1n) is 15.1. The van der Waals surface area contributed by atoms with Crippen LogP contribution in [-0.2, 0) is 14.3 Å². The van der Waals surface area contributed by atoms with Crippen molar-refractivity contribution in [3.05, 3.63) is 0 Å². The summed E-state index contributed by atoms with van der Waals surface area (Å²) in [5.74, 6) is 2.69. The average Bonchev–Trinajstić information content (AvgIpc) is 3.06. The molecule has 1 N–H and O–H groups in total. The van der Waals surface area contributed by atoms with Crippen LogP contribution in [0.1, 0.15) is 120 Å². The molecule has 0 aromatic heterocycles. The van der Waals surface area contributed by atoms with Crippen LogP contribution >= 0.6 is 0 Å². The molecule has 36 heavy (non-hydrogen) atoms. The van der Waals surface area contributed by atoms with Crippen LogP contribution in [0, 0.1) is 57.2 Å². The molecule has 4 aliphatic rings. The number of Topliss-reactive ketones (excluding diaryl/α,β-unsaturated/α-hetero) is 1. The Morgan fingerprint density at radius 2 is 1.69 bits per heavy atom. The fraction of sp³-hybridized carbons (Fsp3) is 0.938. The fourth-order valence-electron chi connectivity index (χ4n) is 10.6. The Morgan fingerprint density at radius 3 is 2.31 bits per heavy atom. The Morgan fingerprint density at radius 1 is 1.00 bits per heavy atom. The summed E-state index contributed by atoms with van der Waals surface area (Å²) in [7, 11) is 0. The van der Waals surface area contributed by atoms with Crippen molar-refractivity contribution in [3.63, 3.8) is 0 Å². The molecule has 4 nitrogen and oxygen atoms in total. The standard InChI is InChI=1S/C32H54O4/c1-20(2)10-9-11-21(3)23-14-16-30(7)24-12-13-26-29(5,6)27(36-22(4)34)15-17-32(26,19-33)28(24)25(35)18-31(23,30)8/h20-21,23-24,26-28,33H,9-19H2,1-8H3. The van der Waals surface area contributed by atoms with E-state index in [4.69, 9.17) is 4.74 Å². The highest BCUT2D eigenvalue weighted by Gasteiger charge is 2.71. The van der Waals surface area contributed by atoms with Crippen molar-refractivity contribution in [2.75, 3.05) is 6.61 Å². The number of hydrogen-bond acceptors (Lipinski definition) is 4. The molecule has 4 fully saturated rings. The first-order chi connectivity index (χ1) is 16.7. The van der Waals surface area contributed by atoms with Gasteiger partial charge in [0.1, 0.15) is 11.9 Å². The molecule has 0 spiro atoms. The molecule has 4 aliphatic carbocycles. The van der Waals surface area contributed by atoms with Gasteiger partial charge < -0.3 is 9.84 Å². The maximum absolute atomic E-state index is 14.3. The lowest BCUT2D eigenvalue weighted by atomic mass is 9.37. The van der Waals surface area contributed by atoms with Crippen LogP contribution in [0.3, 0.4) is 0 Å². The van der Waals surface area contributed by atoms with Crippen molar-refractivity contribution in [2.45, 2.75) is 126 Å². The maximum atomic E-state index is 14.3. The molecule has 0 heterocycles. The van der Waals surface area contributed by atoms with Gasteiger partial charge in [0.15, 0.2) is 0 Å². The van der Waals surface area contributed by atoms with Gasteiger partial charge in [-0.25, -0.2) is 0 Å². The summed E-state index contributed by atoms with van der Waals surface area (Å²) in [5, 5.41) is 11.0. The molecule has 0 aromatic rings. The van der Waals surface area contributed by atoms with Gasteiger partial charge >= 0.3 is 5.97 Å². The van der Waals surface area contributed by atoms with Crippen molar-refractivity contribution in [3.8, 4) is 0 Å². The second kappa shape index (κ2) is 9.69. The molecular formula is C32H54O4. The van der Waals surface area contributed by atoms with Crippen LogP contribution < -0.4 is 0 Å². The van der Waals surface area contributed by atoms with Crippen molar-refractivity contribution >= 4 is 11.8 Å². The molecule has 9 atom stereocenters. The highest BCUT2D eigenvalue weighted by atomic mass is 16.5. The number of ether oxygens (including phenoxy) is 1. The minimum Gasteiger partial charge on any atom is -0.462 e. The minimum atomic E-state index is -0.383. The van der Waals surface area contributed by atoms with E-state index in [1.165, 1.54) is 39.0 Å². The second-order valence-electron chi connectivity index (χ2n) is 15.0. The first kappa shape index (κ1) is 28.1. The zero-order chi connectivity index (χ0) is 26.7. The zero-order valence-corrected chi connectivity index (χ0v) is 24.5. The van der Waals surface area contributed by atoms with Gasteiger partial charge in [0.25, 0.3) is 0 Å². The number of aliphatic hydroxyl groups excluding tert-OH is 1. The van der Waals surface area contributed by atoms with Gasteiger partial charge in [-0.05, 0) is 78.9 Å². The van der Waals surface area contributed by atoms with E-state index in [-0.39, 0.29) is 52.2 Å². The molecule has 4 heteroatoms. The lowest BCUT2D eigenvalue weighted by Gasteiger charge is -2.67.